The first-order chi connectivity index (χ1) is 27.0. The zero-order chi connectivity index (χ0) is 43.1. The van der Waals surface area contributed by atoms with E-state index in [0.717, 1.165) is 14.0 Å². The van der Waals surface area contributed by atoms with Crippen LogP contribution >= 0.6 is 0 Å². The summed E-state index contributed by atoms with van der Waals surface area (Å²) in [5.74, 6) is -6.65. The lowest BCUT2D eigenvalue weighted by molar-refractivity contribution is -0.360. The molecule has 0 spiro atoms. The van der Waals surface area contributed by atoms with Gasteiger partial charge in [-0.2, -0.15) is 0 Å². The maximum absolute atomic E-state index is 14.2. The van der Waals surface area contributed by atoms with Gasteiger partial charge in [-0.1, -0.05) is 20.4 Å². The van der Waals surface area contributed by atoms with Gasteiger partial charge >= 0.3 is 35.8 Å². The molecule has 15 atom stereocenters. The van der Waals surface area contributed by atoms with Gasteiger partial charge in [-0.15, -0.1) is 0 Å². The Bertz CT molecular complexity index is 1810. The van der Waals surface area contributed by atoms with E-state index in [9.17, 15) is 39.0 Å². The highest BCUT2D eigenvalue weighted by Crippen LogP contribution is 2.79. The molecule has 2 aliphatic heterocycles. The molecule has 0 amide bonds. The number of aliphatic hydroxyl groups excluding tert-OH is 1. The minimum atomic E-state index is -2.11. The lowest BCUT2D eigenvalue weighted by Crippen LogP contribution is -2.84. The minimum Gasteiger partial charge on any atom is -0.498 e. The predicted octanol–water partition coefficient (Wildman–Crippen LogP) is 3.03. The molecule has 58 heavy (non-hydrogen) atoms. The number of aliphatic hydroxyl groups is 2. The zero-order valence-electron chi connectivity index (χ0n) is 35.0. The van der Waals surface area contributed by atoms with Crippen molar-refractivity contribution in [2.24, 2.45) is 39.4 Å². The number of rotatable bonds is 8. The van der Waals surface area contributed by atoms with Crippen LogP contribution in [0.1, 0.15) is 94.4 Å². The lowest BCUT2D eigenvalue weighted by atomic mass is 9.31. The van der Waals surface area contributed by atoms with E-state index in [1.807, 2.05) is 6.92 Å². The molecule has 0 radical (unpaired) electrons. The fourth-order valence-electron chi connectivity index (χ4n) is 13.2. The number of esters is 6. The molecule has 0 aromatic carbocycles. The number of epoxide rings is 1. The van der Waals surface area contributed by atoms with Crippen LogP contribution in [0.4, 0.5) is 0 Å². The number of carbonyl (C=O) groups is 6. The molecular weight excluding hydrogens is 760 g/mol. The first-order valence-corrected chi connectivity index (χ1v) is 20.0. The molecule has 2 heterocycles. The number of methoxy groups -OCH3 is 1. The average molecular weight is 819 g/mol. The summed E-state index contributed by atoms with van der Waals surface area (Å²) in [4.78, 5) is 79.7. The van der Waals surface area contributed by atoms with Crippen molar-refractivity contribution in [1.29, 1.82) is 0 Å². The summed E-state index contributed by atoms with van der Waals surface area (Å²) in [6.07, 6.45) is -5.97. The molecule has 0 aromatic rings. The van der Waals surface area contributed by atoms with Crippen LogP contribution in [0, 0.1) is 39.4 Å². The Morgan fingerprint density at radius 2 is 1.55 bits per heavy atom. The molecular formula is C42H58O16. The summed E-state index contributed by atoms with van der Waals surface area (Å²) in [7, 11) is 1.15. The topological polar surface area (TPSA) is 220 Å². The third kappa shape index (κ3) is 5.85. The van der Waals surface area contributed by atoms with E-state index in [1.165, 1.54) is 26.8 Å². The third-order valence-electron chi connectivity index (χ3n) is 15.2. The maximum Gasteiger partial charge on any atom is 0.342 e. The molecule has 3 unspecified atom stereocenters. The Balaban J connectivity index is 1.68. The van der Waals surface area contributed by atoms with Gasteiger partial charge in [0.2, 0.25) is 5.60 Å². The van der Waals surface area contributed by atoms with Crippen molar-refractivity contribution in [2.45, 2.75) is 142 Å². The van der Waals surface area contributed by atoms with Gasteiger partial charge in [0.25, 0.3) is 0 Å². The molecule has 4 aliphatic carbocycles. The first-order valence-electron chi connectivity index (χ1n) is 20.0. The Morgan fingerprint density at radius 3 is 2.12 bits per heavy atom. The monoisotopic (exact) mass is 818 g/mol. The molecule has 2 saturated heterocycles. The highest BCUT2D eigenvalue weighted by atomic mass is 16.7. The van der Waals surface area contributed by atoms with Crippen LogP contribution in [0.2, 0.25) is 0 Å². The van der Waals surface area contributed by atoms with Crippen LogP contribution in [0.25, 0.3) is 0 Å². The summed E-state index contributed by atoms with van der Waals surface area (Å²) in [6.45, 7) is 17.4. The van der Waals surface area contributed by atoms with E-state index in [0.29, 0.717) is 25.0 Å². The van der Waals surface area contributed by atoms with Crippen LogP contribution in [0.5, 0.6) is 0 Å². The van der Waals surface area contributed by atoms with Gasteiger partial charge in [-0.05, 0) is 62.9 Å². The Labute approximate surface area is 338 Å². The van der Waals surface area contributed by atoms with Crippen molar-refractivity contribution in [1.82, 2.24) is 0 Å². The molecule has 16 heteroatoms. The second kappa shape index (κ2) is 14.6. The number of fused-ring (bicyclic) bond motifs is 9. The Hall–Kier alpha value is -4.02. The average Bonchev–Trinajstić information content (AvgIpc) is 3.91. The molecule has 4 saturated carbocycles. The number of hydrogen-bond acceptors (Lipinski definition) is 16. The molecule has 2 N–H and O–H groups in total. The quantitative estimate of drug-likeness (QED) is 0.156. The third-order valence-corrected chi connectivity index (χ3v) is 15.2. The van der Waals surface area contributed by atoms with Gasteiger partial charge < -0.3 is 48.1 Å². The summed E-state index contributed by atoms with van der Waals surface area (Å²) in [5.41, 5.74) is -9.71. The van der Waals surface area contributed by atoms with E-state index in [-0.39, 0.29) is 31.6 Å². The largest absolute Gasteiger partial charge is 0.498 e. The number of hydrogen-bond donors (Lipinski definition) is 2. The predicted molar refractivity (Wildman–Crippen MR) is 199 cm³/mol. The van der Waals surface area contributed by atoms with Crippen LogP contribution < -0.4 is 0 Å². The normalized spacial score (nSPS) is 44.8. The fourth-order valence-corrected chi connectivity index (χ4v) is 13.2. The van der Waals surface area contributed by atoms with Crippen LogP contribution in [0.3, 0.4) is 0 Å². The zero-order valence-corrected chi connectivity index (χ0v) is 35.0. The van der Waals surface area contributed by atoms with Crippen molar-refractivity contribution in [3.63, 3.8) is 0 Å². The molecule has 0 aromatic heterocycles. The highest BCUT2D eigenvalue weighted by Gasteiger charge is 2.91. The van der Waals surface area contributed by atoms with Crippen LogP contribution in [0.15, 0.2) is 24.0 Å². The highest BCUT2D eigenvalue weighted by molar-refractivity contribution is 5.89. The number of carbonyl (C=O) groups excluding carboxylic acids is 6. The first kappa shape index (κ1) is 43.6. The minimum absolute atomic E-state index is 0.0504. The Kier molecular flexibility index (Phi) is 11.0. The smallest absolute Gasteiger partial charge is 0.342 e. The summed E-state index contributed by atoms with van der Waals surface area (Å²) >= 11 is 0. The van der Waals surface area contributed by atoms with Crippen LogP contribution in [-0.2, 0) is 66.7 Å². The van der Waals surface area contributed by atoms with Crippen molar-refractivity contribution < 1.29 is 76.9 Å². The van der Waals surface area contributed by atoms with Gasteiger partial charge in [0.15, 0.2) is 6.10 Å². The van der Waals surface area contributed by atoms with Crippen LogP contribution in [-0.4, -0.2) is 114 Å². The van der Waals surface area contributed by atoms with Gasteiger partial charge in [0.1, 0.15) is 30.5 Å². The molecule has 0 bridgehead atoms. The summed E-state index contributed by atoms with van der Waals surface area (Å²) in [5, 5.41) is 26.8. The van der Waals surface area contributed by atoms with E-state index >= 15 is 0 Å². The SMILES string of the molecule is C=C1CC[C@@H]2C([C@H](C)OC(C)=O)(CO1)[C@@H](O)[C@@H](OC(C)=O)C1[C@]3(C)C(CC[C@]12C)[C@]1(O)C/C(=C/C(=O)OCC)[C@H]2O[C@@]2(C(=O)OC)[C@]1(C)[C@@H](OC(C)=O)[C@H]3OC(C)=O. The van der Waals surface area contributed by atoms with E-state index in [1.54, 1.807) is 27.7 Å². The molecule has 322 valence electrons. The van der Waals surface area contributed by atoms with Crippen molar-refractivity contribution >= 4 is 35.8 Å². The standard InChI is InChI=1S/C42H58O16/c1-12-52-29(47)17-26-18-41(50)28-15-16-37(8)27-14-13-20(2)53-19-40(27,21(3)54-22(4)43)32(48)30(55-23(5)44)31(37)38(28,9)34(56-24(6)45)35(57-25(7)46)39(41,10)42(33(26)58-42)36(49)51-11/h17,21,27-28,30-35,48,50H,2,12-16,18-19H2,1,3-11H3/b26-17-/t21-,27-,28?,30-,31?,32-,33+,34+,35-,37-,38-,39+,40?,41+,42-/m0/s1. The molecule has 6 fully saturated rings. The van der Waals surface area contributed by atoms with Gasteiger partial charge in [-0.25, -0.2) is 9.59 Å². The molecule has 6 rings (SSSR count). The van der Waals surface area contributed by atoms with Gasteiger partial charge in [0, 0.05) is 57.9 Å². The second-order valence-corrected chi connectivity index (χ2v) is 17.8. The summed E-state index contributed by atoms with van der Waals surface area (Å²) < 4.78 is 47.6. The maximum atomic E-state index is 14.2. The molecule has 6 aliphatic rings. The van der Waals surface area contributed by atoms with Crippen molar-refractivity contribution in [3.8, 4) is 0 Å². The summed E-state index contributed by atoms with van der Waals surface area (Å²) in [6, 6.07) is 0. The second-order valence-electron chi connectivity index (χ2n) is 17.8. The number of allylic oxidation sites excluding steroid dienone is 1. The Morgan fingerprint density at radius 1 is 0.931 bits per heavy atom. The van der Waals surface area contributed by atoms with Gasteiger partial charge in [-0.3, -0.25) is 19.2 Å². The van der Waals surface area contributed by atoms with E-state index in [4.69, 9.17) is 37.9 Å². The van der Waals surface area contributed by atoms with E-state index < -0.39 is 123 Å². The lowest BCUT2D eigenvalue weighted by Gasteiger charge is -2.74. The van der Waals surface area contributed by atoms with Crippen molar-refractivity contribution in [2.75, 3.05) is 20.3 Å². The number of ether oxygens (including phenoxy) is 8. The molecule has 16 nitrogen and oxygen atoms in total. The van der Waals surface area contributed by atoms with Gasteiger partial charge in [0.05, 0.1) is 42.5 Å². The van der Waals surface area contributed by atoms with E-state index in [2.05, 4.69) is 6.58 Å². The fraction of sp³-hybridized carbons (Fsp3) is 0.762. The van der Waals surface area contributed by atoms with Crippen molar-refractivity contribution in [3.05, 3.63) is 24.0 Å².